The summed E-state index contributed by atoms with van der Waals surface area (Å²) in [5.41, 5.74) is 0.904. The van der Waals surface area contributed by atoms with Crippen molar-refractivity contribution in [1.29, 1.82) is 0 Å². The van der Waals surface area contributed by atoms with E-state index in [4.69, 9.17) is 21.1 Å². The fourth-order valence-electron chi connectivity index (χ4n) is 1.70. The topological polar surface area (TPSA) is 64.6 Å². The number of alkyl halides is 1. The van der Waals surface area contributed by atoms with Gasteiger partial charge in [0.2, 0.25) is 0 Å². The van der Waals surface area contributed by atoms with Gasteiger partial charge in [-0.2, -0.15) is 0 Å². The van der Waals surface area contributed by atoms with E-state index in [1.807, 2.05) is 0 Å². The summed E-state index contributed by atoms with van der Waals surface area (Å²) in [6.07, 6.45) is 0. The van der Waals surface area contributed by atoms with Gasteiger partial charge in [-0.05, 0) is 31.2 Å². The van der Waals surface area contributed by atoms with Crippen LogP contribution in [-0.4, -0.2) is 31.3 Å². The molecule has 0 aliphatic rings. The number of benzene rings is 1. The Morgan fingerprint density at radius 2 is 1.95 bits per heavy atom. The number of carbonyl (C=O) groups excluding carboxylic acids is 2. The number of Topliss-reactive ketones (excluding diaryl/α,β-unsaturated/α-hetero) is 1. The van der Waals surface area contributed by atoms with Gasteiger partial charge in [-0.25, -0.2) is 0 Å². The number of hydrogen-bond donors (Lipinski definition) is 1. The number of ketones is 1. The van der Waals surface area contributed by atoms with Crippen LogP contribution in [0.15, 0.2) is 36.5 Å². The molecule has 6 heteroatoms. The van der Waals surface area contributed by atoms with Crippen molar-refractivity contribution in [2.45, 2.75) is 6.92 Å². The number of anilines is 1. The summed E-state index contributed by atoms with van der Waals surface area (Å²) in [4.78, 5) is 23.7. The number of methoxy groups -OCH3 is 1. The zero-order valence-electron chi connectivity index (χ0n) is 12.0. The van der Waals surface area contributed by atoms with Crippen LogP contribution in [0.4, 0.5) is 5.69 Å². The number of nitrogens with one attached hydrogen (secondary N) is 1. The average Bonchev–Trinajstić information content (AvgIpc) is 2.48. The predicted octanol–water partition coefficient (Wildman–Crippen LogP) is 2.61. The van der Waals surface area contributed by atoms with Crippen LogP contribution in [-0.2, 0) is 14.3 Å². The quantitative estimate of drug-likeness (QED) is 0.454. The first-order chi connectivity index (χ1) is 10.0. The zero-order valence-corrected chi connectivity index (χ0v) is 12.8. The first kappa shape index (κ1) is 17.0. The van der Waals surface area contributed by atoms with Gasteiger partial charge in [-0.1, -0.05) is 6.58 Å². The molecule has 1 rings (SSSR count). The highest BCUT2D eigenvalue weighted by atomic mass is 35.5. The summed E-state index contributed by atoms with van der Waals surface area (Å²) in [5, 5.41) is 2.92. The molecular weight excluding hydrogens is 294 g/mol. The highest BCUT2D eigenvalue weighted by molar-refractivity contribution is 6.30. The number of hydrogen-bond acceptors (Lipinski definition) is 5. The van der Waals surface area contributed by atoms with E-state index in [0.717, 1.165) is 0 Å². The summed E-state index contributed by atoms with van der Waals surface area (Å²) in [6, 6.07) is 6.99. The van der Waals surface area contributed by atoms with Crippen molar-refractivity contribution in [1.82, 2.24) is 0 Å². The van der Waals surface area contributed by atoms with Crippen LogP contribution in [0.1, 0.15) is 6.92 Å². The molecule has 0 radical (unpaired) electrons. The van der Waals surface area contributed by atoms with E-state index in [1.54, 1.807) is 38.3 Å². The molecular formula is C15H18ClNO4. The molecule has 0 bridgehead atoms. The Balaban J connectivity index is 2.84. The van der Waals surface area contributed by atoms with Crippen molar-refractivity contribution >= 4 is 29.0 Å². The van der Waals surface area contributed by atoms with Crippen LogP contribution in [0.25, 0.3) is 0 Å². The van der Waals surface area contributed by atoms with Crippen molar-refractivity contribution < 1.29 is 19.1 Å². The summed E-state index contributed by atoms with van der Waals surface area (Å²) in [7, 11) is 1.57. The first-order valence-corrected chi connectivity index (χ1v) is 6.92. The van der Waals surface area contributed by atoms with Crippen LogP contribution < -0.4 is 10.1 Å². The molecule has 1 atom stereocenters. The monoisotopic (exact) mass is 311 g/mol. The molecule has 0 saturated carbocycles. The lowest BCUT2D eigenvalue weighted by atomic mass is 10.0. The Morgan fingerprint density at radius 1 is 1.33 bits per heavy atom. The van der Waals surface area contributed by atoms with Crippen LogP contribution >= 0.6 is 11.6 Å². The van der Waals surface area contributed by atoms with E-state index < -0.39 is 17.7 Å². The molecule has 0 aromatic heterocycles. The lowest BCUT2D eigenvalue weighted by molar-refractivity contribution is -0.149. The number of ether oxygens (including phenoxy) is 2. The van der Waals surface area contributed by atoms with Gasteiger partial charge >= 0.3 is 5.97 Å². The molecule has 0 unspecified atom stereocenters. The summed E-state index contributed by atoms with van der Waals surface area (Å²) in [5.74, 6) is -1.82. The molecule has 0 heterocycles. The van der Waals surface area contributed by atoms with Gasteiger partial charge < -0.3 is 14.8 Å². The van der Waals surface area contributed by atoms with Gasteiger partial charge in [0.05, 0.1) is 19.6 Å². The minimum absolute atomic E-state index is 0.181. The Bertz CT molecular complexity index is 513. The molecule has 0 saturated heterocycles. The second kappa shape index (κ2) is 8.32. The molecule has 0 fully saturated rings. The number of esters is 1. The van der Waals surface area contributed by atoms with Crippen LogP contribution in [0, 0.1) is 5.92 Å². The van der Waals surface area contributed by atoms with E-state index in [2.05, 4.69) is 11.9 Å². The Kier molecular flexibility index (Phi) is 6.75. The second-order valence-corrected chi connectivity index (χ2v) is 4.43. The van der Waals surface area contributed by atoms with Gasteiger partial charge in [-0.15, -0.1) is 11.6 Å². The molecule has 5 nitrogen and oxygen atoms in total. The van der Waals surface area contributed by atoms with Crippen LogP contribution in [0.2, 0.25) is 0 Å². The zero-order chi connectivity index (χ0) is 15.8. The smallest absolute Gasteiger partial charge is 0.322 e. The van der Waals surface area contributed by atoms with Crippen molar-refractivity contribution in [3.8, 4) is 5.75 Å². The van der Waals surface area contributed by atoms with Gasteiger partial charge in [0.25, 0.3) is 0 Å². The maximum Gasteiger partial charge on any atom is 0.322 e. The Labute approximate surface area is 128 Å². The minimum atomic E-state index is -1.12. The van der Waals surface area contributed by atoms with Crippen molar-refractivity contribution in [2.75, 3.05) is 24.9 Å². The van der Waals surface area contributed by atoms with Crippen molar-refractivity contribution in [2.24, 2.45) is 5.92 Å². The SMILES string of the molecule is C=C(Nc1ccc(OC)cc1)[C@H](C(=O)CCl)C(=O)OCC. The third-order valence-corrected chi connectivity index (χ3v) is 2.98. The van der Waals surface area contributed by atoms with E-state index in [1.165, 1.54) is 0 Å². The molecule has 0 spiro atoms. The van der Waals surface area contributed by atoms with Crippen LogP contribution in [0.5, 0.6) is 5.75 Å². The van der Waals surface area contributed by atoms with Gasteiger partial charge in [-0.3, -0.25) is 9.59 Å². The third-order valence-electron chi connectivity index (χ3n) is 2.72. The van der Waals surface area contributed by atoms with E-state index in [-0.39, 0.29) is 18.2 Å². The van der Waals surface area contributed by atoms with Crippen molar-refractivity contribution in [3.05, 3.63) is 36.5 Å². The Hall–Kier alpha value is -2.01. The summed E-state index contributed by atoms with van der Waals surface area (Å²) < 4.78 is 9.93. The first-order valence-electron chi connectivity index (χ1n) is 6.38. The van der Waals surface area contributed by atoms with Gasteiger partial charge in [0.1, 0.15) is 5.75 Å². The highest BCUT2D eigenvalue weighted by Crippen LogP contribution is 2.20. The normalized spacial score (nSPS) is 11.4. The van der Waals surface area contributed by atoms with E-state index >= 15 is 0 Å². The largest absolute Gasteiger partial charge is 0.497 e. The molecule has 1 N–H and O–H groups in total. The molecule has 0 amide bonds. The number of rotatable bonds is 8. The molecule has 0 aliphatic heterocycles. The fraction of sp³-hybridized carbons (Fsp3) is 0.333. The predicted molar refractivity (Wildman–Crippen MR) is 81.6 cm³/mol. The van der Waals surface area contributed by atoms with Crippen molar-refractivity contribution in [3.63, 3.8) is 0 Å². The lowest BCUT2D eigenvalue weighted by Crippen LogP contribution is -2.31. The Morgan fingerprint density at radius 3 is 2.43 bits per heavy atom. The molecule has 0 aliphatic carbocycles. The third kappa shape index (κ3) is 4.79. The van der Waals surface area contributed by atoms with E-state index in [0.29, 0.717) is 11.4 Å². The summed E-state index contributed by atoms with van der Waals surface area (Å²) >= 11 is 5.53. The maximum absolute atomic E-state index is 11.9. The molecule has 21 heavy (non-hydrogen) atoms. The van der Waals surface area contributed by atoms with Gasteiger partial charge in [0.15, 0.2) is 11.7 Å². The highest BCUT2D eigenvalue weighted by Gasteiger charge is 2.30. The maximum atomic E-state index is 11.9. The fourth-order valence-corrected chi connectivity index (χ4v) is 1.86. The molecule has 1 aromatic rings. The number of halogens is 1. The minimum Gasteiger partial charge on any atom is -0.497 e. The van der Waals surface area contributed by atoms with Gasteiger partial charge in [0, 0.05) is 11.4 Å². The molecule has 114 valence electrons. The lowest BCUT2D eigenvalue weighted by Gasteiger charge is -2.18. The van der Waals surface area contributed by atoms with Crippen LogP contribution in [0.3, 0.4) is 0 Å². The van der Waals surface area contributed by atoms with E-state index in [9.17, 15) is 9.59 Å². The number of carbonyl (C=O) groups is 2. The summed E-state index contributed by atoms with van der Waals surface area (Å²) in [6.45, 7) is 5.59. The standard InChI is InChI=1S/C15H18ClNO4/c1-4-21-15(19)14(13(18)9-16)10(2)17-11-5-7-12(20-3)8-6-11/h5-8,14,17H,2,4,9H2,1,3H3/t14-/m1/s1. The molecule has 1 aromatic carbocycles. The second-order valence-electron chi connectivity index (χ2n) is 4.16. The average molecular weight is 312 g/mol.